The molecule has 0 nitrogen and oxygen atoms in total. The van der Waals surface area contributed by atoms with Gasteiger partial charge in [0.25, 0.3) is 0 Å². The third kappa shape index (κ3) is 3.24. The third-order valence-corrected chi connectivity index (χ3v) is 4.74. The molecule has 0 radical (unpaired) electrons. The van der Waals surface area contributed by atoms with Crippen molar-refractivity contribution in [1.82, 2.24) is 0 Å². The van der Waals surface area contributed by atoms with Crippen molar-refractivity contribution in [3.8, 4) is 0 Å². The molecular weight excluding hydrogens is 254 g/mol. The van der Waals surface area contributed by atoms with Crippen LogP contribution in [0.2, 0.25) is 0 Å². The summed E-state index contributed by atoms with van der Waals surface area (Å²) in [5, 5.41) is 0.865. The summed E-state index contributed by atoms with van der Waals surface area (Å²) in [6.07, 6.45) is 0. The van der Waals surface area contributed by atoms with Crippen LogP contribution in [0.15, 0.2) is 24.3 Å². The lowest BCUT2D eigenvalue weighted by Gasteiger charge is -2.19. The van der Waals surface area contributed by atoms with Crippen molar-refractivity contribution in [3.05, 3.63) is 29.8 Å². The molecular formula is C10H13Cl2PS. The van der Waals surface area contributed by atoms with Crippen LogP contribution in [0.4, 0.5) is 0 Å². The summed E-state index contributed by atoms with van der Waals surface area (Å²) in [5.41, 5.74) is 1.41. The largest absolute Gasteiger partial charge is 0.147 e. The molecule has 0 fully saturated rings. The minimum Gasteiger partial charge on any atom is -0.0633 e. The fourth-order valence-corrected chi connectivity index (χ4v) is 2.67. The Balaban J connectivity index is 3.08. The van der Waals surface area contributed by atoms with E-state index in [-0.39, 0.29) is 5.41 Å². The molecule has 4 heteroatoms. The first kappa shape index (κ1) is 12.5. The molecule has 0 aliphatic carbocycles. The molecule has 0 saturated carbocycles. The van der Waals surface area contributed by atoms with Crippen LogP contribution in [0.25, 0.3) is 0 Å². The first-order chi connectivity index (χ1) is 6.21. The Morgan fingerprint density at radius 1 is 1.07 bits per heavy atom. The van der Waals surface area contributed by atoms with Crippen LogP contribution in [0.1, 0.15) is 26.3 Å². The Morgan fingerprint density at radius 3 is 1.79 bits per heavy atom. The molecule has 0 unspecified atom stereocenters. The van der Waals surface area contributed by atoms with Crippen LogP contribution in [0.5, 0.6) is 0 Å². The van der Waals surface area contributed by atoms with E-state index in [1.807, 2.05) is 24.3 Å². The highest BCUT2D eigenvalue weighted by Crippen LogP contribution is 2.55. The first-order valence-corrected chi connectivity index (χ1v) is 8.93. The molecule has 0 N–H and O–H groups in total. The minimum absolute atomic E-state index is 0.152. The van der Waals surface area contributed by atoms with E-state index >= 15 is 0 Å². The van der Waals surface area contributed by atoms with Crippen molar-refractivity contribution in [2.24, 2.45) is 0 Å². The predicted octanol–water partition coefficient (Wildman–Crippen LogP) is 4.40. The average Bonchev–Trinajstić information content (AvgIpc) is 2.01. The molecule has 1 aromatic rings. The van der Waals surface area contributed by atoms with Gasteiger partial charge in [0.2, 0.25) is 0 Å². The lowest BCUT2D eigenvalue weighted by molar-refractivity contribution is 0.590. The molecule has 0 saturated heterocycles. The monoisotopic (exact) mass is 266 g/mol. The van der Waals surface area contributed by atoms with Crippen molar-refractivity contribution < 1.29 is 0 Å². The topological polar surface area (TPSA) is 0 Å². The van der Waals surface area contributed by atoms with Crippen LogP contribution in [0, 0.1) is 0 Å². The van der Waals surface area contributed by atoms with Crippen LogP contribution in [-0.4, -0.2) is 0 Å². The highest BCUT2D eigenvalue weighted by Gasteiger charge is 2.16. The van der Waals surface area contributed by atoms with Gasteiger partial charge in [-0.05, 0) is 11.0 Å². The van der Waals surface area contributed by atoms with E-state index in [1.165, 1.54) is 5.56 Å². The molecule has 0 heterocycles. The van der Waals surface area contributed by atoms with Gasteiger partial charge in [0.05, 0.1) is 0 Å². The van der Waals surface area contributed by atoms with Gasteiger partial charge < -0.3 is 0 Å². The van der Waals surface area contributed by atoms with Gasteiger partial charge in [0.1, 0.15) is 4.74 Å². The van der Waals surface area contributed by atoms with Crippen molar-refractivity contribution in [2.75, 3.05) is 0 Å². The number of benzene rings is 1. The molecule has 0 atom stereocenters. The molecule has 1 rings (SSSR count). The lowest BCUT2D eigenvalue weighted by Crippen LogP contribution is -2.12. The SMILES string of the molecule is CC(C)(C)c1ccc(P(=S)(Cl)Cl)cc1. The van der Waals surface area contributed by atoms with Crippen LogP contribution >= 0.6 is 27.2 Å². The van der Waals surface area contributed by atoms with E-state index in [1.54, 1.807) is 0 Å². The van der Waals surface area contributed by atoms with Gasteiger partial charge in [-0.3, -0.25) is 0 Å². The zero-order valence-electron chi connectivity index (χ0n) is 8.42. The fraction of sp³-hybridized carbons (Fsp3) is 0.400. The maximum Gasteiger partial charge on any atom is 0.147 e. The first-order valence-electron chi connectivity index (χ1n) is 4.32. The molecule has 0 aliphatic rings. The average molecular weight is 267 g/mol. The number of hydrogen-bond donors (Lipinski definition) is 0. The maximum atomic E-state index is 5.92. The van der Waals surface area contributed by atoms with Gasteiger partial charge in [-0.1, -0.05) is 79.3 Å². The normalized spacial score (nSPS) is 12.9. The van der Waals surface area contributed by atoms with Gasteiger partial charge in [-0.2, -0.15) is 0 Å². The van der Waals surface area contributed by atoms with Gasteiger partial charge in [-0.15, -0.1) is 0 Å². The summed E-state index contributed by atoms with van der Waals surface area (Å²) in [6, 6.07) is 7.95. The van der Waals surface area contributed by atoms with E-state index in [9.17, 15) is 0 Å². The third-order valence-electron chi connectivity index (χ3n) is 2.03. The van der Waals surface area contributed by atoms with Crippen molar-refractivity contribution >= 4 is 44.3 Å². The van der Waals surface area contributed by atoms with Crippen molar-refractivity contribution in [2.45, 2.75) is 26.2 Å². The Morgan fingerprint density at radius 2 is 1.50 bits per heavy atom. The predicted molar refractivity (Wildman–Crippen MR) is 70.8 cm³/mol. The summed E-state index contributed by atoms with van der Waals surface area (Å²) in [5.74, 6) is 0. The fourth-order valence-electron chi connectivity index (χ4n) is 1.13. The van der Waals surface area contributed by atoms with E-state index in [0.717, 1.165) is 5.30 Å². The molecule has 0 aromatic heterocycles. The van der Waals surface area contributed by atoms with Gasteiger partial charge in [0.15, 0.2) is 0 Å². The summed E-state index contributed by atoms with van der Waals surface area (Å²) >= 11 is 16.9. The Labute approximate surface area is 100 Å². The molecule has 14 heavy (non-hydrogen) atoms. The van der Waals surface area contributed by atoms with Crippen LogP contribution in [0.3, 0.4) is 0 Å². The lowest BCUT2D eigenvalue weighted by atomic mass is 9.87. The van der Waals surface area contributed by atoms with Crippen molar-refractivity contribution in [1.29, 1.82) is 0 Å². The van der Waals surface area contributed by atoms with Gasteiger partial charge in [0, 0.05) is 5.30 Å². The Bertz CT molecular complexity index is 359. The molecule has 0 spiro atoms. The highest BCUT2D eigenvalue weighted by molar-refractivity contribution is 8.42. The second-order valence-corrected chi connectivity index (χ2v) is 12.1. The van der Waals surface area contributed by atoms with E-state index in [0.29, 0.717) is 0 Å². The zero-order valence-corrected chi connectivity index (χ0v) is 11.6. The number of rotatable bonds is 1. The van der Waals surface area contributed by atoms with E-state index < -0.39 is 4.74 Å². The van der Waals surface area contributed by atoms with Gasteiger partial charge in [-0.25, -0.2) is 0 Å². The Kier molecular flexibility index (Phi) is 3.70. The number of hydrogen-bond acceptors (Lipinski definition) is 1. The number of halogens is 2. The summed E-state index contributed by atoms with van der Waals surface area (Å²) in [6.45, 7) is 6.50. The van der Waals surface area contributed by atoms with E-state index in [2.05, 4.69) is 20.8 Å². The second-order valence-electron chi connectivity index (χ2n) is 4.26. The standard InChI is InChI=1S/C10H13Cl2PS/c1-10(2,3)8-4-6-9(7-5-8)13(11,12)14/h4-7H,1-3H3. The molecule has 0 bridgehead atoms. The summed E-state index contributed by atoms with van der Waals surface area (Å²) in [4.78, 5) is 0. The summed E-state index contributed by atoms with van der Waals surface area (Å²) in [7, 11) is 0. The van der Waals surface area contributed by atoms with Gasteiger partial charge >= 0.3 is 0 Å². The minimum atomic E-state index is -2.31. The molecule has 0 aliphatic heterocycles. The highest BCUT2D eigenvalue weighted by atomic mass is 35.9. The van der Waals surface area contributed by atoms with E-state index in [4.69, 9.17) is 34.3 Å². The molecule has 0 amide bonds. The maximum absolute atomic E-state index is 5.92. The molecule has 78 valence electrons. The van der Waals surface area contributed by atoms with Crippen LogP contribution in [-0.2, 0) is 17.2 Å². The second kappa shape index (κ2) is 4.14. The zero-order chi connectivity index (χ0) is 11.0. The smallest absolute Gasteiger partial charge is 0.0633 e. The summed E-state index contributed by atoms with van der Waals surface area (Å²) < 4.78 is -2.31. The quantitative estimate of drug-likeness (QED) is 0.680. The Hall–Kier alpha value is 0.450. The van der Waals surface area contributed by atoms with Crippen LogP contribution < -0.4 is 5.30 Å². The molecule has 1 aromatic carbocycles. The van der Waals surface area contributed by atoms with Crippen molar-refractivity contribution in [3.63, 3.8) is 0 Å².